The lowest BCUT2D eigenvalue weighted by Gasteiger charge is -2.04. The highest BCUT2D eigenvalue weighted by atomic mass is 32.1. The molecule has 2 rings (SSSR count). The second-order valence-corrected chi connectivity index (χ2v) is 3.62. The van der Waals surface area contributed by atoms with Crippen molar-refractivity contribution in [3.63, 3.8) is 0 Å². The van der Waals surface area contributed by atoms with Gasteiger partial charge in [0.25, 0.3) is 5.56 Å². The van der Waals surface area contributed by atoms with Crippen molar-refractivity contribution < 1.29 is 0 Å². The number of hydrogen-bond donors (Lipinski definition) is 2. The molecule has 0 fully saturated rings. The van der Waals surface area contributed by atoms with Gasteiger partial charge in [-0.3, -0.25) is 9.78 Å². The Hall–Kier alpha value is -1.69. The Bertz CT molecular complexity index is 552. The zero-order valence-electron chi connectivity index (χ0n) is 8.15. The molecule has 0 aliphatic carbocycles. The minimum Gasteiger partial charge on any atom is -0.334 e. The highest BCUT2D eigenvalue weighted by Crippen LogP contribution is 1.99. The maximum absolute atomic E-state index is 11.2. The molecule has 78 valence electrons. The van der Waals surface area contributed by atoms with Crippen LogP contribution in [-0.2, 0) is 6.54 Å². The van der Waals surface area contributed by atoms with E-state index in [1.165, 1.54) is 6.07 Å². The van der Waals surface area contributed by atoms with Crippen LogP contribution in [0.15, 0.2) is 23.3 Å². The molecule has 0 saturated carbocycles. The van der Waals surface area contributed by atoms with Gasteiger partial charge in [-0.15, -0.1) is 0 Å². The summed E-state index contributed by atoms with van der Waals surface area (Å²) in [4.78, 5) is 20.7. The van der Waals surface area contributed by atoms with Gasteiger partial charge in [0.05, 0.1) is 6.54 Å². The predicted octanol–water partition coefficient (Wildman–Crippen LogP) is 0.986. The Morgan fingerprint density at radius 3 is 2.93 bits per heavy atom. The first-order chi connectivity index (χ1) is 7.15. The van der Waals surface area contributed by atoms with E-state index in [9.17, 15) is 4.79 Å². The monoisotopic (exact) mass is 222 g/mol. The summed E-state index contributed by atoms with van der Waals surface area (Å²) in [6.45, 7) is 2.47. The van der Waals surface area contributed by atoms with Gasteiger partial charge in [0.1, 0.15) is 5.82 Å². The highest BCUT2D eigenvalue weighted by Gasteiger charge is 1.99. The number of H-pyrrole nitrogens is 2. The molecule has 0 unspecified atom stereocenters. The van der Waals surface area contributed by atoms with Crippen LogP contribution in [0.5, 0.6) is 0 Å². The molecule has 0 aromatic carbocycles. The normalized spacial score (nSPS) is 10.5. The van der Waals surface area contributed by atoms with E-state index in [2.05, 4.69) is 15.0 Å². The molecular formula is C9H10N4OS. The van der Waals surface area contributed by atoms with Gasteiger partial charge in [0, 0.05) is 24.2 Å². The first-order valence-electron chi connectivity index (χ1n) is 4.45. The smallest absolute Gasteiger partial charge is 0.251 e. The quantitative estimate of drug-likeness (QED) is 0.744. The molecule has 0 spiro atoms. The zero-order chi connectivity index (χ0) is 10.8. The number of aromatic amines is 2. The molecule has 5 nitrogen and oxygen atoms in total. The molecule has 2 heterocycles. The van der Waals surface area contributed by atoms with Crippen molar-refractivity contribution in [3.05, 3.63) is 45.1 Å². The van der Waals surface area contributed by atoms with Crippen LogP contribution in [0, 0.1) is 11.7 Å². The van der Waals surface area contributed by atoms with Gasteiger partial charge in [0.2, 0.25) is 0 Å². The Labute approximate surface area is 90.8 Å². The first-order valence-corrected chi connectivity index (χ1v) is 4.86. The fourth-order valence-corrected chi connectivity index (χ4v) is 1.59. The topological polar surface area (TPSA) is 66.5 Å². The first kappa shape index (κ1) is 9.85. The Morgan fingerprint density at radius 2 is 2.33 bits per heavy atom. The van der Waals surface area contributed by atoms with Crippen molar-refractivity contribution in [1.82, 2.24) is 19.5 Å². The summed E-state index contributed by atoms with van der Waals surface area (Å²) in [5.74, 6) is 0.898. The van der Waals surface area contributed by atoms with E-state index >= 15 is 0 Å². The molecule has 0 radical (unpaired) electrons. The number of rotatable bonds is 2. The molecule has 15 heavy (non-hydrogen) atoms. The number of aryl methyl sites for hydroxylation is 1. The molecule has 2 aromatic rings. The fourth-order valence-electron chi connectivity index (χ4n) is 1.36. The van der Waals surface area contributed by atoms with Crippen LogP contribution < -0.4 is 5.56 Å². The van der Waals surface area contributed by atoms with Crippen LogP contribution in [0.2, 0.25) is 0 Å². The van der Waals surface area contributed by atoms with E-state index in [1.807, 2.05) is 17.7 Å². The van der Waals surface area contributed by atoms with E-state index in [0.29, 0.717) is 11.3 Å². The third-order valence-electron chi connectivity index (χ3n) is 2.08. The molecular weight excluding hydrogens is 212 g/mol. The van der Waals surface area contributed by atoms with Crippen LogP contribution >= 0.6 is 12.2 Å². The second-order valence-electron chi connectivity index (χ2n) is 3.22. The minimum absolute atomic E-state index is 0.188. The van der Waals surface area contributed by atoms with E-state index in [4.69, 9.17) is 12.2 Å². The number of hydrogen-bond acceptors (Lipinski definition) is 3. The minimum atomic E-state index is -0.188. The van der Waals surface area contributed by atoms with Crippen LogP contribution in [0.3, 0.4) is 0 Å². The number of nitrogens with zero attached hydrogens (tertiary/aromatic N) is 2. The Kier molecular flexibility index (Phi) is 2.51. The molecule has 0 saturated heterocycles. The van der Waals surface area contributed by atoms with Crippen LogP contribution in [0.4, 0.5) is 0 Å². The third-order valence-corrected chi connectivity index (χ3v) is 2.28. The standard InChI is InChI=1S/C9H10N4OS/c1-6-10-2-3-13(6)5-7-4-8(14)12-9(15)11-7/h2-4H,5H2,1H3,(H2,11,12,14,15). The number of imidazole rings is 1. The lowest BCUT2D eigenvalue weighted by molar-refractivity contribution is 0.735. The predicted molar refractivity (Wildman–Crippen MR) is 58.3 cm³/mol. The van der Waals surface area contributed by atoms with Crippen molar-refractivity contribution >= 4 is 12.2 Å². The van der Waals surface area contributed by atoms with Crippen molar-refractivity contribution in [2.75, 3.05) is 0 Å². The summed E-state index contributed by atoms with van der Waals surface area (Å²) >= 11 is 4.88. The average molecular weight is 222 g/mol. The summed E-state index contributed by atoms with van der Waals surface area (Å²) in [6, 6.07) is 1.50. The Morgan fingerprint density at radius 1 is 1.53 bits per heavy atom. The number of aromatic nitrogens is 4. The SMILES string of the molecule is Cc1nccn1Cc1cc(=O)[nH]c(=S)[nH]1. The van der Waals surface area contributed by atoms with Crippen LogP contribution in [0.25, 0.3) is 0 Å². The van der Waals surface area contributed by atoms with Gasteiger partial charge in [-0.05, 0) is 19.1 Å². The van der Waals surface area contributed by atoms with Gasteiger partial charge in [0.15, 0.2) is 4.77 Å². The van der Waals surface area contributed by atoms with Crippen LogP contribution in [-0.4, -0.2) is 19.5 Å². The molecule has 0 aliphatic heterocycles. The maximum Gasteiger partial charge on any atom is 0.251 e. The summed E-state index contributed by atoms with van der Waals surface area (Å²) in [6.07, 6.45) is 3.57. The summed E-state index contributed by atoms with van der Waals surface area (Å²) < 4.78 is 2.27. The van der Waals surface area contributed by atoms with Gasteiger partial charge in [-0.2, -0.15) is 0 Å². The maximum atomic E-state index is 11.2. The fraction of sp³-hybridized carbons (Fsp3) is 0.222. The van der Waals surface area contributed by atoms with Crippen molar-refractivity contribution in [2.45, 2.75) is 13.5 Å². The molecule has 2 aromatic heterocycles. The molecule has 0 aliphatic rings. The lowest BCUT2D eigenvalue weighted by atomic mass is 10.4. The largest absolute Gasteiger partial charge is 0.334 e. The summed E-state index contributed by atoms with van der Waals surface area (Å²) in [7, 11) is 0. The van der Waals surface area contributed by atoms with Crippen molar-refractivity contribution in [3.8, 4) is 0 Å². The summed E-state index contributed by atoms with van der Waals surface area (Å²) in [5.41, 5.74) is 0.580. The average Bonchev–Trinajstić information content (AvgIpc) is 2.50. The molecule has 0 bridgehead atoms. The summed E-state index contributed by atoms with van der Waals surface area (Å²) in [5, 5.41) is 0. The second kappa shape index (κ2) is 3.82. The molecule has 0 amide bonds. The Balaban J connectivity index is 2.36. The van der Waals surface area contributed by atoms with Crippen LogP contribution in [0.1, 0.15) is 11.5 Å². The highest BCUT2D eigenvalue weighted by molar-refractivity contribution is 7.71. The zero-order valence-corrected chi connectivity index (χ0v) is 8.97. The van der Waals surface area contributed by atoms with Gasteiger partial charge < -0.3 is 9.55 Å². The van der Waals surface area contributed by atoms with Crippen molar-refractivity contribution in [1.29, 1.82) is 0 Å². The molecule has 2 N–H and O–H groups in total. The van der Waals surface area contributed by atoms with Crippen molar-refractivity contribution in [2.24, 2.45) is 0 Å². The van der Waals surface area contributed by atoms with E-state index < -0.39 is 0 Å². The van der Waals surface area contributed by atoms with Gasteiger partial charge in [-0.25, -0.2) is 4.98 Å². The van der Waals surface area contributed by atoms with Gasteiger partial charge in [-0.1, -0.05) is 0 Å². The molecule has 6 heteroatoms. The number of nitrogens with one attached hydrogen (secondary N) is 2. The van der Waals surface area contributed by atoms with E-state index in [0.717, 1.165) is 11.5 Å². The van der Waals surface area contributed by atoms with E-state index in [-0.39, 0.29) is 5.56 Å². The van der Waals surface area contributed by atoms with Gasteiger partial charge >= 0.3 is 0 Å². The lowest BCUT2D eigenvalue weighted by Crippen LogP contribution is -2.11. The third kappa shape index (κ3) is 2.21. The molecule has 0 atom stereocenters. The van der Waals surface area contributed by atoms with E-state index in [1.54, 1.807) is 6.20 Å².